The Morgan fingerprint density at radius 1 is 1.15 bits per heavy atom. The number of nitrogens with one attached hydrogen (secondary N) is 1. The molecule has 3 aromatic rings. The molecule has 4 rings (SSSR count). The predicted molar refractivity (Wildman–Crippen MR) is 94.2 cm³/mol. The first-order valence-electron chi connectivity index (χ1n) is 8.41. The molecule has 27 heavy (non-hydrogen) atoms. The van der Waals surface area contributed by atoms with Crippen molar-refractivity contribution in [3.05, 3.63) is 54.2 Å². The minimum atomic E-state index is -0.703. The zero-order valence-electron chi connectivity index (χ0n) is 14.5. The van der Waals surface area contributed by atoms with Crippen molar-refractivity contribution in [2.45, 2.75) is 19.6 Å². The van der Waals surface area contributed by atoms with Crippen LogP contribution in [-0.2, 0) is 11.3 Å². The first kappa shape index (κ1) is 16.9. The lowest BCUT2D eigenvalue weighted by Crippen LogP contribution is -2.36. The number of benzene rings is 2. The van der Waals surface area contributed by atoms with Crippen molar-refractivity contribution in [2.75, 3.05) is 6.79 Å². The van der Waals surface area contributed by atoms with Crippen LogP contribution in [0.25, 0.3) is 11.3 Å². The third kappa shape index (κ3) is 3.69. The number of nitrogens with zero attached hydrogens (tertiary/aromatic N) is 2. The van der Waals surface area contributed by atoms with E-state index in [1.54, 1.807) is 25.1 Å². The average Bonchev–Trinajstić information content (AvgIpc) is 3.35. The van der Waals surface area contributed by atoms with Gasteiger partial charge in [-0.15, -0.1) is 0 Å². The van der Waals surface area contributed by atoms with Gasteiger partial charge in [-0.25, -0.2) is 4.63 Å². The molecule has 0 saturated carbocycles. The molecule has 2 heterocycles. The maximum atomic E-state index is 12.4. The van der Waals surface area contributed by atoms with Crippen LogP contribution in [0, 0.1) is 0 Å². The second-order valence-electron chi connectivity index (χ2n) is 5.92. The first-order valence-corrected chi connectivity index (χ1v) is 8.41. The lowest BCUT2D eigenvalue weighted by molar-refractivity contribution is -0.127. The van der Waals surface area contributed by atoms with Crippen LogP contribution < -0.4 is 19.5 Å². The maximum Gasteiger partial charge on any atom is 0.261 e. The summed E-state index contributed by atoms with van der Waals surface area (Å²) >= 11 is 0. The number of carbonyl (C=O) groups excluding carboxylic acids is 1. The van der Waals surface area contributed by atoms with Crippen LogP contribution in [0.1, 0.15) is 12.6 Å². The molecule has 0 spiro atoms. The van der Waals surface area contributed by atoms with Crippen LogP contribution in [-0.4, -0.2) is 29.1 Å². The van der Waals surface area contributed by atoms with Gasteiger partial charge in [-0.3, -0.25) is 4.79 Å². The molecule has 1 amide bonds. The molecular formula is C19H17N3O5. The molecule has 0 radical (unpaired) electrons. The molecular weight excluding hydrogens is 350 g/mol. The molecule has 1 unspecified atom stereocenters. The molecule has 1 N–H and O–H groups in total. The van der Waals surface area contributed by atoms with Gasteiger partial charge < -0.3 is 19.5 Å². The van der Waals surface area contributed by atoms with Gasteiger partial charge in [0.25, 0.3) is 5.91 Å². The Hall–Kier alpha value is -3.55. The average molecular weight is 367 g/mol. The highest BCUT2D eigenvalue weighted by molar-refractivity contribution is 5.80. The lowest BCUT2D eigenvalue weighted by Gasteiger charge is -2.14. The van der Waals surface area contributed by atoms with Crippen molar-refractivity contribution in [3.63, 3.8) is 0 Å². The zero-order chi connectivity index (χ0) is 18.6. The molecule has 1 aromatic heterocycles. The van der Waals surface area contributed by atoms with Crippen LogP contribution in [0.15, 0.2) is 53.2 Å². The van der Waals surface area contributed by atoms with Crippen LogP contribution in [0.5, 0.6) is 17.2 Å². The van der Waals surface area contributed by atoms with Crippen molar-refractivity contribution >= 4 is 5.91 Å². The van der Waals surface area contributed by atoms with E-state index < -0.39 is 6.10 Å². The predicted octanol–water partition coefficient (Wildman–Crippen LogP) is 2.55. The maximum absolute atomic E-state index is 12.4. The van der Waals surface area contributed by atoms with Gasteiger partial charge >= 0.3 is 0 Å². The Kier molecular flexibility index (Phi) is 4.61. The fourth-order valence-electron chi connectivity index (χ4n) is 2.66. The molecule has 2 aromatic carbocycles. The normalized spacial score (nSPS) is 13.2. The van der Waals surface area contributed by atoms with Gasteiger partial charge in [-0.05, 0) is 24.2 Å². The Labute approximate surface area is 155 Å². The van der Waals surface area contributed by atoms with Crippen molar-refractivity contribution in [1.82, 2.24) is 15.6 Å². The molecule has 1 atom stereocenters. The standard InChI is InChI=1S/C19H17N3O5/c1-12(26-14-7-8-16-17(9-14)25-11-24-16)19(23)20-10-15-18(22-27-21-15)13-5-3-2-4-6-13/h2-9,12H,10-11H2,1H3,(H,20,23). The van der Waals surface area contributed by atoms with E-state index >= 15 is 0 Å². The number of fused-ring (bicyclic) bond motifs is 1. The van der Waals surface area contributed by atoms with E-state index in [-0.39, 0.29) is 19.2 Å². The number of aromatic nitrogens is 2. The van der Waals surface area contributed by atoms with Gasteiger partial charge in [0.2, 0.25) is 6.79 Å². The van der Waals surface area contributed by atoms with E-state index in [1.807, 2.05) is 30.3 Å². The SMILES string of the molecule is CC(Oc1ccc2c(c1)OCO2)C(=O)NCc1nonc1-c1ccccc1. The Morgan fingerprint density at radius 3 is 2.81 bits per heavy atom. The smallest absolute Gasteiger partial charge is 0.261 e. The number of ether oxygens (including phenoxy) is 3. The minimum Gasteiger partial charge on any atom is -0.481 e. The van der Waals surface area contributed by atoms with E-state index in [2.05, 4.69) is 15.6 Å². The van der Waals surface area contributed by atoms with E-state index in [1.165, 1.54) is 0 Å². The molecule has 8 nitrogen and oxygen atoms in total. The summed E-state index contributed by atoms with van der Waals surface area (Å²) in [7, 11) is 0. The second-order valence-corrected chi connectivity index (χ2v) is 5.92. The molecule has 8 heteroatoms. The molecule has 0 bridgehead atoms. The van der Waals surface area contributed by atoms with E-state index in [0.29, 0.717) is 28.6 Å². The van der Waals surface area contributed by atoms with Gasteiger partial charge in [-0.1, -0.05) is 35.5 Å². The number of carbonyl (C=O) groups is 1. The second kappa shape index (κ2) is 7.36. The van der Waals surface area contributed by atoms with Crippen LogP contribution in [0.3, 0.4) is 0 Å². The van der Waals surface area contributed by atoms with E-state index in [9.17, 15) is 4.79 Å². The quantitative estimate of drug-likeness (QED) is 0.715. The number of rotatable bonds is 6. The summed E-state index contributed by atoms with van der Waals surface area (Å²) < 4.78 is 21.1. The van der Waals surface area contributed by atoms with Crippen molar-refractivity contribution in [3.8, 4) is 28.5 Å². The van der Waals surface area contributed by atoms with E-state index in [0.717, 1.165) is 5.56 Å². The summed E-state index contributed by atoms with van der Waals surface area (Å²) in [6, 6.07) is 14.7. The highest BCUT2D eigenvalue weighted by Crippen LogP contribution is 2.35. The van der Waals surface area contributed by atoms with Gasteiger partial charge in [0, 0.05) is 11.6 Å². The summed E-state index contributed by atoms with van der Waals surface area (Å²) in [6.07, 6.45) is -0.703. The Morgan fingerprint density at radius 2 is 1.96 bits per heavy atom. The third-order valence-corrected chi connectivity index (χ3v) is 4.06. The topological polar surface area (TPSA) is 95.7 Å². The number of hydrogen-bond acceptors (Lipinski definition) is 7. The lowest BCUT2D eigenvalue weighted by atomic mass is 10.1. The number of hydrogen-bond donors (Lipinski definition) is 1. The van der Waals surface area contributed by atoms with Crippen LogP contribution in [0.4, 0.5) is 0 Å². The zero-order valence-corrected chi connectivity index (χ0v) is 14.5. The van der Waals surface area contributed by atoms with Crippen LogP contribution >= 0.6 is 0 Å². The number of amides is 1. The summed E-state index contributed by atoms with van der Waals surface area (Å²) in [6.45, 7) is 2.03. The van der Waals surface area contributed by atoms with Crippen LogP contribution in [0.2, 0.25) is 0 Å². The van der Waals surface area contributed by atoms with Crippen molar-refractivity contribution < 1.29 is 23.6 Å². The summed E-state index contributed by atoms with van der Waals surface area (Å²) in [5, 5.41) is 10.6. The van der Waals surface area contributed by atoms with Gasteiger partial charge in [0.05, 0.1) is 6.54 Å². The monoisotopic (exact) mass is 367 g/mol. The summed E-state index contributed by atoms with van der Waals surface area (Å²) in [4.78, 5) is 12.4. The molecule has 0 fully saturated rings. The summed E-state index contributed by atoms with van der Waals surface area (Å²) in [5.41, 5.74) is 2.01. The minimum absolute atomic E-state index is 0.182. The molecule has 1 aliphatic rings. The molecule has 0 aliphatic carbocycles. The van der Waals surface area contributed by atoms with Gasteiger partial charge in [-0.2, -0.15) is 0 Å². The molecule has 1 aliphatic heterocycles. The third-order valence-electron chi connectivity index (χ3n) is 4.06. The highest BCUT2D eigenvalue weighted by Gasteiger charge is 2.19. The largest absolute Gasteiger partial charge is 0.481 e. The van der Waals surface area contributed by atoms with E-state index in [4.69, 9.17) is 18.8 Å². The Bertz CT molecular complexity index is 942. The highest BCUT2D eigenvalue weighted by atomic mass is 16.7. The van der Waals surface area contributed by atoms with Crippen molar-refractivity contribution in [1.29, 1.82) is 0 Å². The molecule has 138 valence electrons. The van der Waals surface area contributed by atoms with Gasteiger partial charge in [0.15, 0.2) is 17.6 Å². The molecule has 0 saturated heterocycles. The Balaban J connectivity index is 1.36. The van der Waals surface area contributed by atoms with Gasteiger partial charge in [0.1, 0.15) is 17.1 Å². The summed E-state index contributed by atoms with van der Waals surface area (Å²) in [5.74, 6) is 1.50. The fourth-order valence-corrected chi connectivity index (χ4v) is 2.66. The fraction of sp³-hybridized carbons (Fsp3) is 0.211. The van der Waals surface area contributed by atoms with Crippen molar-refractivity contribution in [2.24, 2.45) is 0 Å². The first-order chi connectivity index (χ1) is 13.2.